The molecule has 2 aliphatic heterocycles. The first-order chi connectivity index (χ1) is 17.8. The molecule has 1 unspecified atom stereocenters. The topological polar surface area (TPSA) is 80.2 Å². The molecule has 2 aliphatic rings. The van der Waals surface area contributed by atoms with Crippen molar-refractivity contribution in [3.05, 3.63) is 53.7 Å². The Morgan fingerprint density at radius 2 is 1.84 bits per heavy atom. The summed E-state index contributed by atoms with van der Waals surface area (Å²) in [5.41, 5.74) is 5.06. The first kappa shape index (κ1) is 25.2. The van der Waals surface area contributed by atoms with Crippen LogP contribution in [-0.4, -0.2) is 56.3 Å². The molecule has 5 rings (SSSR count). The number of nitrogens with one attached hydrogen (secondary N) is 1. The Kier molecular flexibility index (Phi) is 6.88. The van der Waals surface area contributed by atoms with Crippen LogP contribution in [0.2, 0.25) is 0 Å². The van der Waals surface area contributed by atoms with Gasteiger partial charge in [-0.2, -0.15) is 0 Å². The first-order valence-electron chi connectivity index (χ1n) is 12.6. The van der Waals surface area contributed by atoms with Crippen LogP contribution in [0.3, 0.4) is 0 Å². The number of carbonyl (C=O) groups excluding carboxylic acids is 1. The monoisotopic (exact) mass is 506 g/mol. The van der Waals surface area contributed by atoms with Gasteiger partial charge in [-0.15, -0.1) is 0 Å². The molecule has 196 valence electrons. The molecule has 1 fully saturated rings. The lowest BCUT2D eigenvalue weighted by Gasteiger charge is -2.23. The highest BCUT2D eigenvalue weighted by molar-refractivity contribution is 6.08. The number of hydrogen-bond acceptors (Lipinski definition) is 6. The van der Waals surface area contributed by atoms with Crippen LogP contribution in [0.25, 0.3) is 22.0 Å². The zero-order chi connectivity index (χ0) is 26.2. The Morgan fingerprint density at radius 1 is 1.11 bits per heavy atom. The van der Waals surface area contributed by atoms with Crippen molar-refractivity contribution in [2.24, 2.45) is 0 Å². The van der Waals surface area contributed by atoms with E-state index in [9.17, 15) is 4.79 Å². The van der Waals surface area contributed by atoms with Crippen molar-refractivity contribution in [1.29, 1.82) is 0 Å². The molecule has 37 heavy (non-hydrogen) atoms. The Bertz CT molecular complexity index is 1330. The third-order valence-corrected chi connectivity index (χ3v) is 6.84. The summed E-state index contributed by atoms with van der Waals surface area (Å²) in [4.78, 5) is 12.6. The van der Waals surface area contributed by atoms with Gasteiger partial charge in [-0.3, -0.25) is 4.79 Å². The highest BCUT2D eigenvalue weighted by atomic mass is 16.7. The van der Waals surface area contributed by atoms with Crippen molar-refractivity contribution in [3.8, 4) is 17.2 Å². The van der Waals surface area contributed by atoms with E-state index in [0.717, 1.165) is 33.2 Å². The molecule has 8 nitrogen and oxygen atoms in total. The summed E-state index contributed by atoms with van der Waals surface area (Å²) < 4.78 is 31.2. The maximum atomic E-state index is 12.6. The number of methoxy groups -OCH3 is 2. The number of carbonyl (C=O) groups is 1. The van der Waals surface area contributed by atoms with Crippen molar-refractivity contribution in [3.63, 3.8) is 0 Å². The van der Waals surface area contributed by atoms with Crippen molar-refractivity contribution in [2.45, 2.75) is 45.6 Å². The number of hydrogen-bond donors (Lipinski definition) is 1. The van der Waals surface area contributed by atoms with E-state index in [0.29, 0.717) is 43.6 Å². The predicted molar refractivity (Wildman–Crippen MR) is 142 cm³/mol. The summed E-state index contributed by atoms with van der Waals surface area (Å²) in [6.45, 7) is 7.91. The molecule has 2 aromatic carbocycles. The summed E-state index contributed by atoms with van der Waals surface area (Å²) in [5, 5.41) is 4.16. The van der Waals surface area contributed by atoms with Gasteiger partial charge in [0.25, 0.3) is 0 Å². The van der Waals surface area contributed by atoms with E-state index in [1.165, 1.54) is 0 Å². The molecular formula is C29H34N2O6. The molecule has 0 aliphatic carbocycles. The fourth-order valence-electron chi connectivity index (χ4n) is 5.21. The van der Waals surface area contributed by atoms with Gasteiger partial charge in [0.15, 0.2) is 17.3 Å². The van der Waals surface area contributed by atoms with Crippen LogP contribution in [0.4, 0.5) is 0 Å². The van der Waals surface area contributed by atoms with E-state index in [-0.39, 0.29) is 18.4 Å². The Hall–Kier alpha value is -3.49. The SMILES string of the molecule is CCOc1c(OC)cc(C2=C(c3cn(CC4COC(C)(C)O4)c4ccccc34)CNC(=O)C2)cc1OC. The minimum Gasteiger partial charge on any atom is -0.493 e. The quantitative estimate of drug-likeness (QED) is 0.480. The van der Waals surface area contributed by atoms with Gasteiger partial charge < -0.3 is 33.6 Å². The predicted octanol–water partition coefficient (Wildman–Crippen LogP) is 4.64. The normalized spacial score (nSPS) is 19.3. The van der Waals surface area contributed by atoms with Gasteiger partial charge in [-0.25, -0.2) is 0 Å². The Labute approximate surface area is 217 Å². The number of benzene rings is 2. The van der Waals surface area contributed by atoms with Gasteiger partial charge in [0.1, 0.15) is 6.10 Å². The van der Waals surface area contributed by atoms with Crippen molar-refractivity contribution >= 4 is 28.0 Å². The molecule has 1 saturated heterocycles. The highest BCUT2D eigenvalue weighted by Gasteiger charge is 2.33. The van der Waals surface area contributed by atoms with Crippen LogP contribution < -0.4 is 19.5 Å². The zero-order valence-corrected chi connectivity index (χ0v) is 22.1. The molecule has 0 radical (unpaired) electrons. The molecule has 1 aromatic heterocycles. The molecule has 3 heterocycles. The van der Waals surface area contributed by atoms with Gasteiger partial charge in [0.2, 0.25) is 11.7 Å². The van der Waals surface area contributed by atoms with E-state index < -0.39 is 5.79 Å². The summed E-state index contributed by atoms with van der Waals surface area (Å²) in [6.07, 6.45) is 2.37. The maximum Gasteiger partial charge on any atom is 0.224 e. The molecule has 0 bridgehead atoms. The molecule has 1 atom stereocenters. The van der Waals surface area contributed by atoms with E-state index in [1.54, 1.807) is 14.2 Å². The fourth-order valence-corrected chi connectivity index (χ4v) is 5.21. The number of amides is 1. The van der Waals surface area contributed by atoms with E-state index in [4.69, 9.17) is 23.7 Å². The lowest BCUT2D eigenvalue weighted by atomic mass is 9.89. The molecule has 8 heteroatoms. The Balaban J connectivity index is 1.64. The van der Waals surface area contributed by atoms with Crippen molar-refractivity contribution < 1.29 is 28.5 Å². The lowest BCUT2D eigenvalue weighted by Crippen LogP contribution is -2.30. The maximum absolute atomic E-state index is 12.6. The molecule has 0 spiro atoms. The number of nitrogens with zero attached hydrogens (tertiary/aromatic N) is 1. The largest absolute Gasteiger partial charge is 0.493 e. The van der Waals surface area contributed by atoms with E-state index in [1.807, 2.05) is 45.0 Å². The number of rotatable bonds is 8. The van der Waals surface area contributed by atoms with E-state index in [2.05, 4.69) is 28.2 Å². The second-order valence-corrected chi connectivity index (χ2v) is 9.72. The lowest BCUT2D eigenvalue weighted by molar-refractivity contribution is -0.139. The third kappa shape index (κ3) is 4.91. The highest BCUT2D eigenvalue weighted by Crippen LogP contribution is 2.43. The molecular weight excluding hydrogens is 472 g/mol. The smallest absolute Gasteiger partial charge is 0.224 e. The van der Waals surface area contributed by atoms with E-state index >= 15 is 0 Å². The Morgan fingerprint density at radius 3 is 2.49 bits per heavy atom. The summed E-state index contributed by atoms with van der Waals surface area (Å²) >= 11 is 0. The van der Waals surface area contributed by atoms with Gasteiger partial charge in [0, 0.05) is 29.2 Å². The second kappa shape index (κ2) is 10.1. The second-order valence-electron chi connectivity index (χ2n) is 9.72. The van der Waals surface area contributed by atoms with Crippen molar-refractivity contribution in [1.82, 2.24) is 9.88 Å². The third-order valence-electron chi connectivity index (χ3n) is 6.84. The molecule has 0 saturated carbocycles. The minimum absolute atomic E-state index is 0.0203. The number of aromatic nitrogens is 1. The molecule has 1 N–H and O–H groups in total. The first-order valence-corrected chi connectivity index (χ1v) is 12.6. The molecule has 3 aromatic rings. The standard InChI is InChI=1S/C29H34N2O6/c1-6-35-28-25(33-4)11-18(12-26(28)34-5)21-13-27(32)30-14-22(21)23-16-31(24-10-8-7-9-20(23)24)15-19-17-36-29(2,3)37-19/h7-12,16,19H,6,13-15,17H2,1-5H3,(H,30,32). The minimum atomic E-state index is -0.578. The summed E-state index contributed by atoms with van der Waals surface area (Å²) in [6, 6.07) is 12.2. The number of ether oxygens (including phenoxy) is 5. The van der Waals surface area contributed by atoms with Crippen LogP contribution >= 0.6 is 0 Å². The average Bonchev–Trinajstić information content (AvgIpc) is 3.43. The summed E-state index contributed by atoms with van der Waals surface area (Å²) in [5.74, 6) is 1.09. The van der Waals surface area contributed by atoms with Gasteiger partial charge >= 0.3 is 0 Å². The van der Waals surface area contributed by atoms with Crippen molar-refractivity contribution in [2.75, 3.05) is 34.0 Å². The van der Waals surface area contributed by atoms with Crippen LogP contribution in [0.15, 0.2) is 42.6 Å². The van der Waals surface area contributed by atoms with Crippen LogP contribution in [0.5, 0.6) is 17.2 Å². The number of para-hydroxylation sites is 1. The van der Waals surface area contributed by atoms with Crippen LogP contribution in [0.1, 0.15) is 38.3 Å². The van der Waals surface area contributed by atoms with Gasteiger partial charge in [-0.1, -0.05) is 18.2 Å². The number of fused-ring (bicyclic) bond motifs is 1. The summed E-state index contributed by atoms with van der Waals surface area (Å²) in [7, 11) is 3.21. The zero-order valence-electron chi connectivity index (χ0n) is 22.1. The average molecular weight is 507 g/mol. The van der Waals surface area contributed by atoms with Gasteiger partial charge in [-0.05, 0) is 55.7 Å². The van der Waals surface area contributed by atoms with Crippen LogP contribution in [-0.2, 0) is 20.8 Å². The fraction of sp³-hybridized carbons (Fsp3) is 0.414. The van der Waals surface area contributed by atoms with Gasteiger partial charge in [0.05, 0.1) is 40.4 Å². The molecule has 1 amide bonds. The van der Waals surface area contributed by atoms with Crippen LogP contribution in [0, 0.1) is 0 Å².